The summed E-state index contributed by atoms with van der Waals surface area (Å²) in [6, 6.07) is 21.3. The van der Waals surface area contributed by atoms with Gasteiger partial charge >= 0.3 is 192 Å². The fourth-order valence-corrected chi connectivity index (χ4v) is 8.99. The number of benzene rings is 3. The van der Waals surface area contributed by atoms with Crippen LogP contribution in [0.4, 0.5) is 5.69 Å². The van der Waals surface area contributed by atoms with Crippen molar-refractivity contribution in [3.63, 3.8) is 0 Å². The minimum atomic E-state index is -1.83. The van der Waals surface area contributed by atoms with Crippen molar-refractivity contribution < 1.29 is 32.5 Å². The van der Waals surface area contributed by atoms with Crippen molar-refractivity contribution in [2.75, 3.05) is 5.32 Å². The Morgan fingerprint density at radius 3 is 2.27 bits per heavy atom. The number of anilines is 1. The second-order valence-electron chi connectivity index (χ2n) is 5.50. The zero-order valence-electron chi connectivity index (χ0n) is 13.5. The maximum atomic E-state index is 12.8. The van der Waals surface area contributed by atoms with Gasteiger partial charge in [0.1, 0.15) is 0 Å². The fourth-order valence-electron chi connectivity index (χ4n) is 2.34. The Labute approximate surface area is 190 Å². The number of nitrogens with one attached hydrogen (secondary N) is 1. The fraction of sp³-hybridized carbons (Fsp3) is 0. The summed E-state index contributed by atoms with van der Waals surface area (Å²) in [5.41, 5.74) is 1.23. The van der Waals surface area contributed by atoms with Gasteiger partial charge in [-0.2, -0.15) is 0 Å². The van der Waals surface area contributed by atoms with Crippen LogP contribution in [0, 0.1) is 0 Å². The topological polar surface area (TPSA) is 38.3 Å². The first-order valence-corrected chi connectivity index (χ1v) is 15.1. The van der Waals surface area contributed by atoms with E-state index < -0.39 is 25.0 Å². The van der Waals surface area contributed by atoms with Crippen LogP contribution < -0.4 is 11.0 Å². The van der Waals surface area contributed by atoms with E-state index in [-0.39, 0.29) is 5.91 Å². The van der Waals surface area contributed by atoms with Crippen LogP contribution in [-0.2, 0) is 25.0 Å². The summed E-state index contributed by atoms with van der Waals surface area (Å²) in [5, 5.41) is 2.92. The van der Waals surface area contributed by atoms with Gasteiger partial charge < -0.3 is 0 Å². The van der Waals surface area contributed by atoms with Crippen LogP contribution in [0.3, 0.4) is 0 Å². The predicted octanol–water partition coefficient (Wildman–Crippen LogP) is 5.93. The molecular weight excluding hydrogens is 715 g/mol. The van der Waals surface area contributed by atoms with E-state index in [1.165, 1.54) is 3.07 Å². The van der Waals surface area contributed by atoms with Gasteiger partial charge in [0.05, 0.1) is 0 Å². The molecule has 3 nitrogen and oxygen atoms in total. The van der Waals surface area contributed by atoms with E-state index in [2.05, 4.69) is 65.2 Å². The van der Waals surface area contributed by atoms with Crippen LogP contribution in [0.2, 0.25) is 0 Å². The molecule has 0 aliphatic rings. The molecule has 0 saturated carbocycles. The summed E-state index contributed by atoms with van der Waals surface area (Å²) in [7, 11) is 0. The van der Waals surface area contributed by atoms with Crippen molar-refractivity contribution in [3.05, 3.63) is 85.7 Å². The molecule has 0 aliphatic heterocycles. The standard InChI is InChI=1S/C13H8Br3NO2.C6H5.Hg/c14-7-1-3-9(4-2-7)17-13(19)10-5-8(15)6-11(16)12(10)18;1-2-4-6-5-3-1;/h1-6,18H,(H,17,19);1-5H;/q;;+1/p-1. The van der Waals surface area contributed by atoms with Crippen LogP contribution in [0.25, 0.3) is 0 Å². The zero-order chi connectivity index (χ0) is 18.5. The number of hydrogen-bond acceptors (Lipinski definition) is 2. The van der Waals surface area contributed by atoms with E-state index in [1.54, 1.807) is 6.07 Å². The number of hydrogen-bond donors (Lipinski definition) is 1. The van der Waals surface area contributed by atoms with E-state index in [0.717, 1.165) is 19.1 Å². The van der Waals surface area contributed by atoms with Crippen molar-refractivity contribution >= 4 is 62.5 Å². The molecule has 3 rings (SSSR count). The van der Waals surface area contributed by atoms with Gasteiger partial charge in [-0.25, -0.2) is 0 Å². The molecule has 0 heterocycles. The van der Waals surface area contributed by atoms with E-state index in [4.69, 9.17) is 2.64 Å². The van der Waals surface area contributed by atoms with Gasteiger partial charge in [0.15, 0.2) is 0 Å². The summed E-state index contributed by atoms with van der Waals surface area (Å²) >= 11 is 8.54. The molecule has 3 aromatic carbocycles. The number of amides is 1. The average Bonchev–Trinajstić information content (AvgIpc) is 2.63. The Morgan fingerprint density at radius 2 is 1.58 bits per heavy atom. The molecule has 7 heteroatoms. The number of carbonyl (C=O) groups excluding carboxylic acids is 1. The Morgan fingerprint density at radius 1 is 0.885 bits per heavy atom. The quantitative estimate of drug-likeness (QED) is 0.332. The second kappa shape index (κ2) is 9.49. The molecule has 0 aliphatic carbocycles. The first-order valence-electron chi connectivity index (χ1n) is 7.75. The third-order valence-corrected chi connectivity index (χ3v) is 9.97. The SMILES string of the molecule is O=C(Nc1ccc(Br)cc1)c1cc(Br)cc(Br)c1[O][Hg][c]1ccccc1. The molecular formula is C19H12Br3HgNO2. The molecule has 0 fully saturated rings. The number of halogens is 3. The summed E-state index contributed by atoms with van der Waals surface area (Å²) < 4.78 is 9.97. The van der Waals surface area contributed by atoms with Crippen LogP contribution in [-0.4, -0.2) is 5.91 Å². The average molecular weight is 727 g/mol. The molecule has 0 saturated heterocycles. The van der Waals surface area contributed by atoms with Gasteiger partial charge in [0.2, 0.25) is 0 Å². The summed E-state index contributed by atoms with van der Waals surface area (Å²) in [6.07, 6.45) is 0. The molecule has 0 radical (unpaired) electrons. The Hall–Kier alpha value is -0.695. The Bertz CT molecular complexity index is 918. The maximum absolute atomic E-state index is 12.8. The third kappa shape index (κ3) is 5.41. The van der Waals surface area contributed by atoms with Crippen molar-refractivity contribution in [3.8, 4) is 5.75 Å². The number of carbonyl (C=O) groups is 1. The van der Waals surface area contributed by atoms with Crippen LogP contribution >= 0.6 is 47.8 Å². The predicted molar refractivity (Wildman–Crippen MR) is 111 cm³/mol. The monoisotopic (exact) mass is 725 g/mol. The molecule has 0 aromatic heterocycles. The van der Waals surface area contributed by atoms with E-state index in [0.29, 0.717) is 11.3 Å². The normalized spacial score (nSPS) is 10.1. The first-order chi connectivity index (χ1) is 12.5. The van der Waals surface area contributed by atoms with Crippen molar-refractivity contribution in [2.45, 2.75) is 0 Å². The summed E-state index contributed by atoms with van der Waals surface area (Å²) in [5.74, 6) is 0.402. The van der Waals surface area contributed by atoms with Crippen molar-refractivity contribution in [1.29, 1.82) is 0 Å². The van der Waals surface area contributed by atoms with Crippen molar-refractivity contribution in [2.24, 2.45) is 0 Å². The summed E-state index contributed by atoms with van der Waals surface area (Å²) in [6.45, 7) is 0. The van der Waals surface area contributed by atoms with Gasteiger partial charge in [0.25, 0.3) is 0 Å². The van der Waals surface area contributed by atoms with E-state index >= 15 is 0 Å². The van der Waals surface area contributed by atoms with Gasteiger partial charge in [-0.3, -0.25) is 0 Å². The molecule has 128 valence electrons. The molecule has 26 heavy (non-hydrogen) atoms. The molecule has 1 amide bonds. The summed E-state index contributed by atoms with van der Waals surface area (Å²) in [4.78, 5) is 12.8. The minimum absolute atomic E-state index is 0.203. The van der Waals surface area contributed by atoms with Crippen LogP contribution in [0.15, 0.2) is 80.1 Å². The molecule has 0 atom stereocenters. The van der Waals surface area contributed by atoms with Gasteiger partial charge in [-0.1, -0.05) is 0 Å². The molecule has 0 spiro atoms. The van der Waals surface area contributed by atoms with E-state index in [9.17, 15) is 4.79 Å². The zero-order valence-corrected chi connectivity index (χ0v) is 23.8. The molecule has 0 bridgehead atoms. The molecule has 0 unspecified atom stereocenters. The first kappa shape index (κ1) is 20.1. The van der Waals surface area contributed by atoms with Gasteiger partial charge in [-0.15, -0.1) is 0 Å². The van der Waals surface area contributed by atoms with Gasteiger partial charge in [-0.05, 0) is 0 Å². The van der Waals surface area contributed by atoms with Gasteiger partial charge in [0, 0.05) is 0 Å². The Balaban J connectivity index is 1.85. The van der Waals surface area contributed by atoms with Crippen molar-refractivity contribution in [1.82, 2.24) is 0 Å². The Kier molecular flexibility index (Phi) is 7.31. The van der Waals surface area contributed by atoms with Crippen LogP contribution in [0.1, 0.15) is 10.4 Å². The van der Waals surface area contributed by atoms with Crippen LogP contribution in [0.5, 0.6) is 5.75 Å². The van der Waals surface area contributed by atoms with E-state index in [1.807, 2.05) is 48.5 Å². The third-order valence-electron chi connectivity index (χ3n) is 3.58. The molecule has 3 aromatic rings. The molecule has 1 N–H and O–H groups in total. The number of rotatable bonds is 5. The second-order valence-corrected chi connectivity index (χ2v) is 13.6.